The molecule has 0 radical (unpaired) electrons. The molecule has 0 saturated heterocycles. The van der Waals surface area contributed by atoms with E-state index in [2.05, 4.69) is 54.3 Å². The molecule has 0 aliphatic heterocycles. The molecular formula is C22H26FN3. The lowest BCUT2D eigenvalue weighted by molar-refractivity contribution is 0.627. The second kappa shape index (κ2) is 7.32. The molecule has 0 bridgehead atoms. The molecule has 0 N–H and O–H groups in total. The van der Waals surface area contributed by atoms with E-state index in [4.69, 9.17) is 0 Å². The van der Waals surface area contributed by atoms with Crippen LogP contribution in [0.2, 0.25) is 0 Å². The Morgan fingerprint density at radius 3 is 2.50 bits per heavy atom. The highest BCUT2D eigenvalue weighted by Gasteiger charge is 2.17. The van der Waals surface area contributed by atoms with Gasteiger partial charge in [-0.1, -0.05) is 23.8 Å². The van der Waals surface area contributed by atoms with Crippen molar-refractivity contribution in [2.45, 2.75) is 40.8 Å². The summed E-state index contributed by atoms with van der Waals surface area (Å²) in [6, 6.07) is 8.74. The number of aryl methyl sites for hydroxylation is 1. The van der Waals surface area contributed by atoms with Crippen LogP contribution in [-0.2, 0) is 13.1 Å². The van der Waals surface area contributed by atoms with Gasteiger partial charge in [0.25, 0.3) is 0 Å². The van der Waals surface area contributed by atoms with Gasteiger partial charge in [-0.05, 0) is 57.0 Å². The molecule has 0 spiro atoms. The third-order valence-corrected chi connectivity index (χ3v) is 4.90. The fourth-order valence-corrected chi connectivity index (χ4v) is 3.30. The number of hydrogen-bond donors (Lipinski definition) is 0. The summed E-state index contributed by atoms with van der Waals surface area (Å²) in [6.07, 6.45) is 4.11. The highest BCUT2D eigenvalue weighted by atomic mass is 19.1. The van der Waals surface area contributed by atoms with Gasteiger partial charge in [0, 0.05) is 37.4 Å². The molecule has 0 unspecified atom stereocenters. The minimum atomic E-state index is -0.210. The summed E-state index contributed by atoms with van der Waals surface area (Å²) in [6.45, 7) is 10.1. The van der Waals surface area contributed by atoms with Crippen molar-refractivity contribution in [1.29, 1.82) is 0 Å². The smallest absolute Gasteiger partial charge is 0.153 e. The van der Waals surface area contributed by atoms with Gasteiger partial charge in [-0.3, -0.25) is 0 Å². The van der Waals surface area contributed by atoms with Crippen LogP contribution in [0.3, 0.4) is 0 Å². The fraction of sp³-hybridized carbons (Fsp3) is 0.318. The number of rotatable bonds is 5. The van der Waals surface area contributed by atoms with Crippen molar-refractivity contribution >= 4 is 16.7 Å². The van der Waals surface area contributed by atoms with E-state index in [1.165, 1.54) is 34.3 Å². The Morgan fingerprint density at radius 1 is 1.15 bits per heavy atom. The summed E-state index contributed by atoms with van der Waals surface area (Å²) in [5.74, 6) is 0.739. The summed E-state index contributed by atoms with van der Waals surface area (Å²) >= 11 is 0. The molecule has 2 heterocycles. The van der Waals surface area contributed by atoms with Crippen LogP contribution < -0.4 is 4.90 Å². The number of pyridine rings is 1. The molecule has 0 amide bonds. The lowest BCUT2D eigenvalue weighted by atomic mass is 10.2. The summed E-state index contributed by atoms with van der Waals surface area (Å²) in [4.78, 5) is 6.81. The summed E-state index contributed by atoms with van der Waals surface area (Å²) in [7, 11) is 2.04. The first-order chi connectivity index (χ1) is 12.4. The van der Waals surface area contributed by atoms with Gasteiger partial charge in [-0.25, -0.2) is 9.37 Å². The molecule has 3 rings (SSSR count). The summed E-state index contributed by atoms with van der Waals surface area (Å²) < 4.78 is 15.5. The Hall–Kier alpha value is -2.62. The second-order valence-corrected chi connectivity index (χ2v) is 7.12. The third-order valence-electron chi connectivity index (χ3n) is 4.90. The Bertz CT molecular complexity index is 948. The normalized spacial score (nSPS) is 11.0. The van der Waals surface area contributed by atoms with Crippen LogP contribution in [0.25, 0.3) is 10.9 Å². The van der Waals surface area contributed by atoms with Crippen LogP contribution >= 0.6 is 0 Å². The zero-order valence-corrected chi connectivity index (χ0v) is 16.2. The van der Waals surface area contributed by atoms with E-state index in [0.29, 0.717) is 6.54 Å². The Morgan fingerprint density at radius 2 is 1.85 bits per heavy atom. The maximum atomic E-state index is 13.2. The van der Waals surface area contributed by atoms with Crippen LogP contribution in [0.1, 0.15) is 30.7 Å². The number of hydrogen-bond acceptors (Lipinski definition) is 2. The lowest BCUT2D eigenvalue weighted by Crippen LogP contribution is -2.19. The average molecular weight is 351 g/mol. The Balaban J connectivity index is 2.06. The van der Waals surface area contributed by atoms with Crippen molar-refractivity contribution in [3.63, 3.8) is 0 Å². The van der Waals surface area contributed by atoms with E-state index in [9.17, 15) is 4.39 Å². The zero-order valence-electron chi connectivity index (χ0n) is 16.2. The lowest BCUT2D eigenvalue weighted by Gasteiger charge is -2.20. The third kappa shape index (κ3) is 3.50. The van der Waals surface area contributed by atoms with Crippen LogP contribution in [0.4, 0.5) is 10.2 Å². The first-order valence-corrected chi connectivity index (χ1v) is 8.92. The average Bonchev–Trinajstić information content (AvgIpc) is 2.86. The van der Waals surface area contributed by atoms with Gasteiger partial charge in [0.15, 0.2) is 5.82 Å². The molecular weight excluding hydrogens is 325 g/mol. The van der Waals surface area contributed by atoms with Gasteiger partial charge in [0.05, 0.1) is 5.52 Å². The fourth-order valence-electron chi connectivity index (χ4n) is 3.30. The van der Waals surface area contributed by atoms with Gasteiger partial charge in [0.1, 0.15) is 5.82 Å². The highest BCUT2D eigenvalue weighted by molar-refractivity contribution is 5.93. The van der Waals surface area contributed by atoms with E-state index in [-0.39, 0.29) is 5.82 Å². The van der Waals surface area contributed by atoms with Crippen LogP contribution in [0.15, 0.2) is 48.2 Å². The largest absolute Gasteiger partial charge is 0.354 e. The van der Waals surface area contributed by atoms with Gasteiger partial charge < -0.3 is 9.47 Å². The van der Waals surface area contributed by atoms with E-state index < -0.39 is 0 Å². The maximum Gasteiger partial charge on any atom is 0.153 e. The molecule has 0 atom stereocenters. The Kier molecular flexibility index (Phi) is 5.12. The van der Waals surface area contributed by atoms with Crippen molar-refractivity contribution in [3.05, 3.63) is 70.8 Å². The second-order valence-electron chi connectivity index (χ2n) is 7.12. The predicted molar refractivity (Wildman–Crippen MR) is 107 cm³/mol. The number of fused-ring (bicyclic) bond motifs is 1. The maximum absolute atomic E-state index is 13.2. The van der Waals surface area contributed by atoms with Gasteiger partial charge in [-0.15, -0.1) is 0 Å². The molecule has 2 aromatic heterocycles. The number of aromatic nitrogens is 2. The monoisotopic (exact) mass is 351 g/mol. The number of benzene rings is 1. The zero-order chi connectivity index (χ0) is 18.8. The molecule has 0 aliphatic carbocycles. The summed E-state index contributed by atoms with van der Waals surface area (Å²) in [5, 5.41) is 1.24. The molecule has 26 heavy (non-hydrogen) atoms. The first kappa shape index (κ1) is 18.2. The van der Waals surface area contributed by atoms with Crippen molar-refractivity contribution < 1.29 is 4.39 Å². The van der Waals surface area contributed by atoms with Crippen molar-refractivity contribution in [2.24, 2.45) is 0 Å². The topological polar surface area (TPSA) is 21.1 Å². The molecule has 3 nitrogen and oxygen atoms in total. The van der Waals surface area contributed by atoms with E-state index in [1.54, 1.807) is 0 Å². The van der Waals surface area contributed by atoms with Crippen LogP contribution in [0, 0.1) is 19.7 Å². The van der Waals surface area contributed by atoms with E-state index in [1.807, 2.05) is 25.4 Å². The van der Waals surface area contributed by atoms with E-state index in [0.717, 1.165) is 23.4 Å². The molecule has 0 aliphatic rings. The molecule has 4 heteroatoms. The van der Waals surface area contributed by atoms with Crippen LogP contribution in [-0.4, -0.2) is 16.6 Å². The van der Waals surface area contributed by atoms with Gasteiger partial charge >= 0.3 is 0 Å². The molecule has 1 aromatic carbocycles. The predicted octanol–water partition coefficient (Wildman–Crippen LogP) is 5.39. The van der Waals surface area contributed by atoms with Crippen LogP contribution in [0.5, 0.6) is 0 Å². The number of halogens is 1. The highest BCUT2D eigenvalue weighted by Crippen LogP contribution is 2.31. The van der Waals surface area contributed by atoms with Gasteiger partial charge in [-0.2, -0.15) is 0 Å². The number of nitrogens with zero attached hydrogens (tertiary/aromatic N) is 3. The van der Waals surface area contributed by atoms with E-state index >= 15 is 0 Å². The molecule has 136 valence electrons. The Labute approximate surface area is 154 Å². The van der Waals surface area contributed by atoms with Crippen molar-refractivity contribution in [2.75, 3.05) is 11.9 Å². The first-order valence-electron chi connectivity index (χ1n) is 8.92. The molecule has 3 aromatic rings. The van der Waals surface area contributed by atoms with Gasteiger partial charge in [0.2, 0.25) is 0 Å². The minimum absolute atomic E-state index is 0.210. The van der Waals surface area contributed by atoms with Crippen molar-refractivity contribution in [3.8, 4) is 0 Å². The number of allylic oxidation sites excluding steroid dienone is 2. The summed E-state index contributed by atoms with van der Waals surface area (Å²) in [5.41, 5.74) is 6.07. The SMILES string of the molecule is CC(C)=CCn1c(C)c(C)c2ccnc(N(C)Cc3ccc(F)cc3)c21. The standard InChI is InChI=1S/C22H26FN3/c1-15(2)11-13-26-17(4)16(3)20-10-12-24-22(21(20)26)25(5)14-18-6-8-19(23)9-7-18/h6-12H,13-14H2,1-5H3. The quantitative estimate of drug-likeness (QED) is 0.574. The molecule has 0 fully saturated rings. The van der Waals surface area contributed by atoms with Crippen molar-refractivity contribution in [1.82, 2.24) is 9.55 Å². The number of anilines is 1. The minimum Gasteiger partial charge on any atom is -0.354 e. The molecule has 0 saturated carbocycles.